The van der Waals surface area contributed by atoms with Crippen LogP contribution in [0.15, 0.2) is 64.4 Å². The first kappa shape index (κ1) is 36.0. The molecule has 0 spiro atoms. The molecule has 2 aromatic carbocycles. The number of amides is 1. The third-order valence-corrected chi connectivity index (χ3v) is 8.96. The molecule has 6 rings (SSSR count). The van der Waals surface area contributed by atoms with Gasteiger partial charge >= 0.3 is 17.8 Å². The predicted octanol–water partition coefficient (Wildman–Crippen LogP) is 3.37. The lowest BCUT2D eigenvalue weighted by atomic mass is 9.99. The molecule has 0 aliphatic carbocycles. The van der Waals surface area contributed by atoms with Crippen molar-refractivity contribution in [3.63, 3.8) is 0 Å². The van der Waals surface area contributed by atoms with E-state index in [1.807, 2.05) is 0 Å². The number of esters is 1. The molecule has 3 aromatic heterocycles. The van der Waals surface area contributed by atoms with Crippen LogP contribution < -0.4 is 26.2 Å². The molecule has 1 fully saturated rings. The van der Waals surface area contributed by atoms with E-state index in [0.717, 1.165) is 22.6 Å². The van der Waals surface area contributed by atoms with Crippen molar-refractivity contribution in [3.05, 3.63) is 98.2 Å². The summed E-state index contributed by atoms with van der Waals surface area (Å²) >= 11 is 0. The molecule has 272 valence electrons. The summed E-state index contributed by atoms with van der Waals surface area (Å²) in [5, 5.41) is 2.92. The third kappa shape index (κ3) is 6.54. The monoisotopic (exact) mass is 724 g/mol. The quantitative estimate of drug-likeness (QED) is 0.187. The molecule has 1 saturated heterocycles. The predicted molar refractivity (Wildman–Crippen MR) is 181 cm³/mol. The molecule has 1 N–H and O–H groups in total. The Morgan fingerprint density at radius 3 is 2.56 bits per heavy atom. The van der Waals surface area contributed by atoms with E-state index in [9.17, 15) is 32.3 Å². The number of methoxy groups -OCH3 is 2. The van der Waals surface area contributed by atoms with Crippen molar-refractivity contribution in [1.29, 1.82) is 0 Å². The molecule has 0 radical (unpaired) electrons. The van der Waals surface area contributed by atoms with Crippen molar-refractivity contribution in [2.45, 2.75) is 31.6 Å². The fourth-order valence-electron chi connectivity index (χ4n) is 6.35. The Morgan fingerprint density at radius 1 is 1.10 bits per heavy atom. The van der Waals surface area contributed by atoms with E-state index in [2.05, 4.69) is 15.3 Å². The van der Waals surface area contributed by atoms with Gasteiger partial charge in [0.2, 0.25) is 0 Å². The summed E-state index contributed by atoms with van der Waals surface area (Å²) in [7, 11) is 4.02. The Kier molecular flexibility index (Phi) is 9.72. The Labute approximate surface area is 292 Å². The summed E-state index contributed by atoms with van der Waals surface area (Å²) < 4.78 is 73.9. The van der Waals surface area contributed by atoms with Crippen LogP contribution in [0.25, 0.3) is 27.6 Å². The molecule has 4 heterocycles. The van der Waals surface area contributed by atoms with E-state index in [4.69, 9.17) is 14.2 Å². The number of pyridine rings is 2. The normalized spacial score (nSPS) is 15.5. The number of alkyl halides is 3. The Morgan fingerprint density at radius 2 is 1.87 bits per heavy atom. The zero-order chi connectivity index (χ0) is 37.5. The minimum Gasteiger partial charge on any atom is -0.495 e. The number of fused-ring (bicyclic) bond motifs is 2. The van der Waals surface area contributed by atoms with Crippen LogP contribution in [0, 0.1) is 12.7 Å². The van der Waals surface area contributed by atoms with Gasteiger partial charge in [-0.1, -0.05) is 12.1 Å². The van der Waals surface area contributed by atoms with Crippen molar-refractivity contribution in [2.24, 2.45) is 7.05 Å². The maximum atomic E-state index is 15.6. The summed E-state index contributed by atoms with van der Waals surface area (Å²) in [4.78, 5) is 63.3. The fraction of sp³-hybridized carbons (Fsp3) is 0.314. The van der Waals surface area contributed by atoms with Gasteiger partial charge in [-0.25, -0.2) is 23.5 Å². The lowest BCUT2D eigenvalue weighted by molar-refractivity contribution is -0.167. The van der Waals surface area contributed by atoms with Crippen LogP contribution in [0.1, 0.15) is 21.5 Å². The Balaban J connectivity index is 1.34. The number of aromatic nitrogens is 4. The van der Waals surface area contributed by atoms with Gasteiger partial charge in [0.1, 0.15) is 23.7 Å². The highest BCUT2D eigenvalue weighted by molar-refractivity contribution is 5.99. The summed E-state index contributed by atoms with van der Waals surface area (Å²) in [6, 6.07) is 6.57. The number of hydrogen-bond acceptors (Lipinski definition) is 10. The van der Waals surface area contributed by atoms with Crippen molar-refractivity contribution in [3.8, 4) is 11.4 Å². The smallest absolute Gasteiger partial charge is 0.411 e. The van der Waals surface area contributed by atoms with E-state index >= 15 is 4.39 Å². The number of nitrogens with zero attached hydrogens (tertiary/aromatic N) is 5. The second kappa shape index (κ2) is 14.1. The van der Waals surface area contributed by atoms with Gasteiger partial charge in [0.05, 0.1) is 55.9 Å². The van der Waals surface area contributed by atoms with Crippen molar-refractivity contribution in [2.75, 3.05) is 38.9 Å². The number of carbonyl (C=O) groups is 2. The lowest BCUT2D eigenvalue weighted by Crippen LogP contribution is -2.53. The van der Waals surface area contributed by atoms with Crippen LogP contribution in [-0.4, -0.2) is 83.2 Å². The van der Waals surface area contributed by atoms with Crippen molar-refractivity contribution in [1.82, 2.24) is 24.4 Å². The largest absolute Gasteiger partial charge is 0.495 e. The Hall–Kier alpha value is -5.84. The topological polar surface area (TPSA) is 147 Å². The molecule has 13 nitrogen and oxygen atoms in total. The van der Waals surface area contributed by atoms with Crippen LogP contribution in [0.3, 0.4) is 0 Å². The van der Waals surface area contributed by atoms with E-state index in [-0.39, 0.29) is 53.1 Å². The molecule has 52 heavy (non-hydrogen) atoms. The van der Waals surface area contributed by atoms with Crippen LogP contribution >= 0.6 is 0 Å². The van der Waals surface area contributed by atoms with Crippen LogP contribution in [0.5, 0.6) is 5.75 Å². The number of nitrogens with one attached hydrogen (secondary N) is 1. The van der Waals surface area contributed by atoms with Crippen molar-refractivity contribution < 1.29 is 41.4 Å². The van der Waals surface area contributed by atoms with Gasteiger partial charge in [-0.2, -0.15) is 13.2 Å². The number of aryl methyl sites for hydroxylation is 2. The lowest BCUT2D eigenvalue weighted by Gasteiger charge is -2.38. The second-order valence-electron chi connectivity index (χ2n) is 12.1. The number of morpholine rings is 1. The summed E-state index contributed by atoms with van der Waals surface area (Å²) in [6.45, 7) is 0.613. The summed E-state index contributed by atoms with van der Waals surface area (Å²) in [5.74, 6) is -2.60. The van der Waals surface area contributed by atoms with Gasteiger partial charge in [0.25, 0.3) is 11.5 Å². The summed E-state index contributed by atoms with van der Waals surface area (Å²) in [5.41, 5.74) is -0.815. The number of benzene rings is 2. The highest BCUT2D eigenvalue weighted by Gasteiger charge is 2.45. The molecular weight excluding hydrogens is 692 g/mol. The first-order valence-electron chi connectivity index (χ1n) is 15.9. The number of halogens is 4. The highest BCUT2D eigenvalue weighted by atomic mass is 19.4. The van der Waals surface area contributed by atoms with Crippen LogP contribution in [0.2, 0.25) is 0 Å². The maximum absolute atomic E-state index is 15.6. The van der Waals surface area contributed by atoms with Gasteiger partial charge < -0.3 is 24.4 Å². The molecular formula is C35H32F4N6O7. The zero-order valence-corrected chi connectivity index (χ0v) is 28.3. The van der Waals surface area contributed by atoms with Gasteiger partial charge in [-0.05, 0) is 42.3 Å². The molecule has 0 saturated carbocycles. The minimum absolute atomic E-state index is 0.00395. The maximum Gasteiger partial charge on any atom is 0.411 e. The molecule has 1 aliphatic heterocycles. The van der Waals surface area contributed by atoms with Gasteiger partial charge in [0, 0.05) is 43.4 Å². The first-order chi connectivity index (χ1) is 24.7. The molecule has 17 heteroatoms. The molecule has 1 amide bonds. The highest BCUT2D eigenvalue weighted by Crippen LogP contribution is 2.33. The molecule has 0 bridgehead atoms. The molecule has 1 aliphatic rings. The average Bonchev–Trinajstić information content (AvgIpc) is 3.13. The standard InChI is InChI=1S/C35H32F4N6O7/c1-18-12-20(44-10-11-52-17-27(44)35(37,38)39)14-23(36)28(18)31(46)42-24(33(48)51-4)13-19-7-8-25(29-22(19)6-5-9-40-29)45-32(47)30-26(43(2)34(45)49)15-21(50-3)16-41-30/h5-9,12,14-16,24,27H,10-11,13,17H2,1-4H3,(H,42,46)/t24-,27+/m0/s1. The number of anilines is 1. The molecule has 5 aromatic rings. The van der Waals surface area contributed by atoms with Gasteiger partial charge in [-0.3, -0.25) is 19.1 Å². The Bertz CT molecular complexity index is 2320. The molecule has 2 atom stereocenters. The molecule has 0 unspecified atom stereocenters. The van der Waals surface area contributed by atoms with Gasteiger partial charge in [0.15, 0.2) is 5.52 Å². The number of hydrogen-bond donors (Lipinski definition) is 1. The van der Waals surface area contributed by atoms with Crippen LogP contribution in [-0.2, 0) is 27.7 Å². The van der Waals surface area contributed by atoms with Crippen molar-refractivity contribution >= 4 is 39.5 Å². The van der Waals surface area contributed by atoms with E-state index in [1.54, 1.807) is 18.2 Å². The second-order valence-corrected chi connectivity index (χ2v) is 12.1. The van der Waals surface area contributed by atoms with E-state index < -0.39 is 59.4 Å². The minimum atomic E-state index is -4.64. The van der Waals surface area contributed by atoms with Gasteiger partial charge in [-0.15, -0.1) is 0 Å². The zero-order valence-electron chi connectivity index (χ0n) is 28.3. The van der Waals surface area contributed by atoms with E-state index in [1.165, 1.54) is 56.2 Å². The number of ether oxygens (including phenoxy) is 3. The fourth-order valence-corrected chi connectivity index (χ4v) is 6.35. The first-order valence-corrected chi connectivity index (χ1v) is 15.9. The van der Waals surface area contributed by atoms with Crippen LogP contribution in [0.4, 0.5) is 23.2 Å². The summed E-state index contributed by atoms with van der Waals surface area (Å²) in [6.07, 6.45) is -2.02. The number of rotatable bonds is 8. The number of carbonyl (C=O) groups excluding carboxylic acids is 2. The average molecular weight is 725 g/mol. The SMILES string of the molecule is COC(=O)[C@H](Cc1ccc(-n2c(=O)c3ncc(OC)cc3n(C)c2=O)c2ncccc12)NC(=O)c1c(C)cc(N2CCOC[C@@H]2C(F)(F)F)cc1F. The van der Waals surface area contributed by atoms with E-state index in [0.29, 0.717) is 16.7 Å². The third-order valence-electron chi connectivity index (χ3n) is 8.96.